The highest BCUT2D eigenvalue weighted by Gasteiger charge is 2.36. The van der Waals surface area contributed by atoms with Gasteiger partial charge in [0.15, 0.2) is 0 Å². The van der Waals surface area contributed by atoms with Crippen LogP contribution in [0.1, 0.15) is 43.4 Å². The number of nitrogens with one attached hydrogen (secondary N) is 1. The normalized spacial score (nSPS) is 18.1. The molecule has 0 saturated carbocycles. The van der Waals surface area contributed by atoms with Gasteiger partial charge in [0.25, 0.3) is 0 Å². The van der Waals surface area contributed by atoms with Gasteiger partial charge >= 0.3 is 6.09 Å². The van der Waals surface area contributed by atoms with Crippen LogP contribution < -0.4 is 10.1 Å². The number of aryl methyl sites for hydroxylation is 2. The summed E-state index contributed by atoms with van der Waals surface area (Å²) in [6, 6.07) is 15.7. The minimum atomic E-state index is -1.10. The summed E-state index contributed by atoms with van der Waals surface area (Å²) in [4.78, 5) is 27.2. The fraction of sp³-hybridized carbons (Fsp3) is 0.481. The summed E-state index contributed by atoms with van der Waals surface area (Å²) in [6.07, 6.45) is 3.87. The highest BCUT2D eigenvalue weighted by molar-refractivity contribution is 5.89. The lowest BCUT2D eigenvalue weighted by atomic mass is 9.92. The maximum Gasteiger partial charge on any atom is 0.408 e. The third-order valence-corrected chi connectivity index (χ3v) is 6.34. The molecule has 1 saturated heterocycles. The third kappa shape index (κ3) is 6.29. The van der Waals surface area contributed by atoms with Crippen LogP contribution in [0.15, 0.2) is 48.5 Å². The van der Waals surface area contributed by atoms with Gasteiger partial charge in [0.1, 0.15) is 30.6 Å². The summed E-state index contributed by atoms with van der Waals surface area (Å²) in [7, 11) is 0. The second-order valence-electron chi connectivity index (χ2n) is 9.50. The van der Waals surface area contributed by atoms with Crippen LogP contribution in [0.5, 0.6) is 5.75 Å². The van der Waals surface area contributed by atoms with Gasteiger partial charge in [0.05, 0.1) is 13.2 Å². The van der Waals surface area contributed by atoms with Crippen molar-refractivity contribution >= 4 is 12.0 Å². The topological polar surface area (TPSA) is 77.1 Å². The molecule has 2 aromatic carbocycles. The zero-order valence-corrected chi connectivity index (χ0v) is 20.0. The third-order valence-electron chi connectivity index (χ3n) is 6.34. The molecule has 1 fully saturated rings. The van der Waals surface area contributed by atoms with Gasteiger partial charge in [-0.3, -0.25) is 4.79 Å². The van der Waals surface area contributed by atoms with E-state index in [0.29, 0.717) is 26.3 Å². The summed E-state index contributed by atoms with van der Waals surface area (Å²) in [5.41, 5.74) is 2.57. The Balaban J connectivity index is 1.26. The number of rotatable bonds is 7. The molecule has 7 nitrogen and oxygen atoms in total. The van der Waals surface area contributed by atoms with Crippen LogP contribution in [-0.4, -0.2) is 54.8 Å². The molecule has 1 heterocycles. The van der Waals surface area contributed by atoms with Gasteiger partial charge in [-0.15, -0.1) is 0 Å². The van der Waals surface area contributed by atoms with Crippen LogP contribution in [0.25, 0.3) is 0 Å². The summed E-state index contributed by atoms with van der Waals surface area (Å²) < 4.78 is 17.1. The largest absolute Gasteiger partial charge is 0.491 e. The molecule has 0 spiro atoms. The molecule has 7 heteroatoms. The second kappa shape index (κ2) is 10.9. The molecule has 0 aromatic heterocycles. The van der Waals surface area contributed by atoms with E-state index in [1.165, 1.54) is 24.0 Å². The Morgan fingerprint density at radius 3 is 2.65 bits per heavy atom. The predicted octanol–water partition coefficient (Wildman–Crippen LogP) is 3.88. The maximum absolute atomic E-state index is 13.2. The molecular formula is C27H34N2O5. The first-order valence-corrected chi connectivity index (χ1v) is 12.1. The van der Waals surface area contributed by atoms with Gasteiger partial charge in [-0.25, -0.2) is 4.79 Å². The number of carbonyl (C=O) groups excluding carboxylic acids is 2. The molecule has 1 N–H and O–H groups in total. The number of benzene rings is 2. The fourth-order valence-corrected chi connectivity index (χ4v) is 4.46. The van der Waals surface area contributed by atoms with Gasteiger partial charge < -0.3 is 24.4 Å². The van der Waals surface area contributed by atoms with Gasteiger partial charge in [-0.1, -0.05) is 36.4 Å². The van der Waals surface area contributed by atoms with E-state index in [9.17, 15) is 9.59 Å². The lowest BCUT2D eigenvalue weighted by molar-refractivity contribution is -0.145. The average molecular weight is 467 g/mol. The van der Waals surface area contributed by atoms with Crippen LogP contribution in [-0.2, 0) is 33.7 Å². The van der Waals surface area contributed by atoms with E-state index in [2.05, 4.69) is 17.4 Å². The lowest BCUT2D eigenvalue weighted by Crippen LogP contribution is -2.59. The molecule has 2 aliphatic rings. The Morgan fingerprint density at radius 1 is 1.09 bits per heavy atom. The van der Waals surface area contributed by atoms with E-state index >= 15 is 0 Å². The summed E-state index contributed by atoms with van der Waals surface area (Å²) in [5.74, 6) is 0.669. The van der Waals surface area contributed by atoms with Gasteiger partial charge in [0, 0.05) is 6.54 Å². The van der Waals surface area contributed by atoms with Gasteiger partial charge in [-0.2, -0.15) is 0 Å². The lowest BCUT2D eigenvalue weighted by Gasteiger charge is -2.37. The number of morpholine rings is 1. The number of fused-ring (bicyclic) bond motifs is 1. The van der Waals surface area contributed by atoms with E-state index in [1.54, 1.807) is 18.7 Å². The molecule has 1 atom stereocenters. The smallest absolute Gasteiger partial charge is 0.408 e. The molecule has 2 aromatic rings. The number of hydrogen-bond acceptors (Lipinski definition) is 5. The number of ether oxygens (including phenoxy) is 3. The first-order chi connectivity index (χ1) is 16.4. The Labute approximate surface area is 201 Å². The minimum absolute atomic E-state index is 0.149. The van der Waals surface area contributed by atoms with Crippen molar-refractivity contribution in [3.8, 4) is 5.75 Å². The van der Waals surface area contributed by atoms with Gasteiger partial charge in [0.2, 0.25) is 5.91 Å². The number of alkyl carbamates (subject to hydrolysis) is 1. The molecule has 2 amide bonds. The van der Waals surface area contributed by atoms with Crippen LogP contribution in [0.3, 0.4) is 0 Å². The second-order valence-corrected chi connectivity index (χ2v) is 9.50. The minimum Gasteiger partial charge on any atom is -0.491 e. The summed E-state index contributed by atoms with van der Waals surface area (Å²) in [5, 5.41) is 2.70. The number of nitrogens with zero attached hydrogens (tertiary/aromatic N) is 1. The van der Waals surface area contributed by atoms with E-state index < -0.39 is 11.6 Å². The standard InChI is InChI=1S/C27H34N2O5/c1-27(2,28-26(31)34-18-20-8-4-3-5-9-20)25(30)29-14-15-32-24(17-29)19-33-23-13-12-21-10-6-7-11-22(21)16-23/h3-5,8-9,12-13,16,24H,6-7,10-11,14-15,17-19H2,1-2H3,(H,28,31). The molecule has 0 bridgehead atoms. The van der Waals surface area contributed by atoms with Crippen molar-refractivity contribution in [3.63, 3.8) is 0 Å². The molecule has 182 valence electrons. The van der Waals surface area contributed by atoms with Crippen LogP contribution in [0.2, 0.25) is 0 Å². The number of hydrogen-bond donors (Lipinski definition) is 1. The fourth-order valence-electron chi connectivity index (χ4n) is 4.46. The van der Waals surface area contributed by atoms with Crippen molar-refractivity contribution in [1.29, 1.82) is 0 Å². The molecule has 1 aliphatic heterocycles. The zero-order chi connectivity index (χ0) is 24.0. The van der Waals surface area contributed by atoms with Crippen molar-refractivity contribution in [1.82, 2.24) is 10.2 Å². The number of carbonyl (C=O) groups is 2. The van der Waals surface area contributed by atoms with Crippen molar-refractivity contribution in [3.05, 3.63) is 65.2 Å². The Bertz CT molecular complexity index is 992. The predicted molar refractivity (Wildman–Crippen MR) is 129 cm³/mol. The number of amides is 2. The highest BCUT2D eigenvalue weighted by Crippen LogP contribution is 2.25. The van der Waals surface area contributed by atoms with Crippen LogP contribution in [0.4, 0.5) is 4.79 Å². The zero-order valence-electron chi connectivity index (χ0n) is 20.0. The Kier molecular flexibility index (Phi) is 7.73. The Morgan fingerprint density at radius 2 is 1.85 bits per heavy atom. The average Bonchev–Trinajstić information content (AvgIpc) is 2.86. The van der Waals surface area contributed by atoms with E-state index in [4.69, 9.17) is 14.2 Å². The van der Waals surface area contributed by atoms with Crippen molar-refractivity contribution in [2.45, 2.75) is 57.8 Å². The first-order valence-electron chi connectivity index (χ1n) is 12.1. The van der Waals surface area contributed by atoms with Crippen LogP contribution in [0, 0.1) is 0 Å². The summed E-state index contributed by atoms with van der Waals surface area (Å²) in [6.45, 7) is 5.21. The maximum atomic E-state index is 13.2. The van der Waals surface area contributed by atoms with Crippen LogP contribution >= 0.6 is 0 Å². The van der Waals surface area contributed by atoms with E-state index in [-0.39, 0.29) is 18.6 Å². The quantitative estimate of drug-likeness (QED) is 0.670. The summed E-state index contributed by atoms with van der Waals surface area (Å²) >= 11 is 0. The van der Waals surface area contributed by atoms with Crippen molar-refractivity contribution in [2.75, 3.05) is 26.3 Å². The molecule has 34 heavy (non-hydrogen) atoms. The molecule has 1 aliphatic carbocycles. The molecular weight excluding hydrogens is 432 g/mol. The highest BCUT2D eigenvalue weighted by atomic mass is 16.5. The van der Waals surface area contributed by atoms with Crippen molar-refractivity contribution in [2.24, 2.45) is 0 Å². The monoisotopic (exact) mass is 466 g/mol. The molecule has 4 rings (SSSR count). The van der Waals surface area contributed by atoms with Crippen molar-refractivity contribution < 1.29 is 23.8 Å². The van der Waals surface area contributed by atoms with E-state index in [0.717, 1.165) is 24.2 Å². The molecule has 1 unspecified atom stereocenters. The SMILES string of the molecule is CC(C)(NC(=O)OCc1ccccc1)C(=O)N1CCOC(COc2ccc3c(c2)CCCC3)C1. The first kappa shape index (κ1) is 24.1. The Hall–Kier alpha value is -3.06. The van der Waals surface area contributed by atoms with Gasteiger partial charge in [-0.05, 0) is 68.4 Å². The van der Waals surface area contributed by atoms with E-state index in [1.807, 2.05) is 36.4 Å². The molecule has 0 radical (unpaired) electrons.